The molecule has 0 amide bonds. The van der Waals surface area contributed by atoms with Crippen molar-refractivity contribution >= 4 is 0 Å². The van der Waals surface area contributed by atoms with Gasteiger partial charge in [0, 0.05) is 0 Å². The molecular weight excluding hydrogens is 1340 g/mol. The number of hydrogen-bond acceptors (Lipinski definition) is 8. The Bertz CT molecular complexity index is 2310. The minimum atomic E-state index is -8.76. The Kier molecular flexibility index (Phi) is 18.6. The number of halogens is 44. The van der Waals surface area contributed by atoms with Gasteiger partial charge in [0.1, 0.15) is 0 Å². The van der Waals surface area contributed by atoms with Crippen LogP contribution in [0.3, 0.4) is 0 Å². The summed E-state index contributed by atoms with van der Waals surface area (Å²) in [5, 5.41) is 0. The minimum absolute atomic E-state index is 1.36. The Hall–Kier alpha value is -5.72. The maximum Gasteiger partial charge on any atom is 0.460 e. The third-order valence-corrected chi connectivity index (χ3v) is 9.55. The van der Waals surface area contributed by atoms with Gasteiger partial charge in [0.15, 0.2) is 26.4 Å². The van der Waals surface area contributed by atoms with Gasteiger partial charge in [-0.15, -0.1) is 0 Å². The van der Waals surface area contributed by atoms with Gasteiger partial charge >= 0.3 is 119 Å². The van der Waals surface area contributed by atoms with E-state index in [1.807, 2.05) is 0 Å². The molecule has 0 spiro atoms. The highest BCUT2D eigenvalue weighted by Gasteiger charge is 2.87. The van der Waals surface area contributed by atoms with Crippen molar-refractivity contribution < 1.29 is 212 Å². The Balaban J connectivity index is 3.05. The SMILES string of the molecule is FC(F)(F)C(F)(F)C(F)(F)C(F)(F)COc1cc(OCC(F)(F)C(F)(F)C(F)(F)C(F)(F)F)nc(C(F)(F)C(F)(F)C(F)(F)C(F)(F)c2nc(OCC(F)(F)C(F)(F)C(F)(F)C(F)(F)F)cc(OCC(F)(F)C(F)(F)C(F)(F)C(F)(F)F)n2)n1. The second-order valence-corrected chi connectivity index (χ2v) is 15.6. The first-order valence-corrected chi connectivity index (χ1v) is 18.9. The summed E-state index contributed by atoms with van der Waals surface area (Å²) in [7, 11) is 0. The highest BCUT2D eigenvalue weighted by atomic mass is 19.5. The van der Waals surface area contributed by atoms with Gasteiger partial charge in [-0.05, 0) is 0 Å². The Labute approximate surface area is 426 Å². The summed E-state index contributed by atoms with van der Waals surface area (Å²) in [5.74, 6) is -149. The zero-order chi connectivity index (χ0) is 67.4. The smallest absolute Gasteiger partial charge is 0.460 e. The van der Waals surface area contributed by atoms with Crippen LogP contribution in [0.1, 0.15) is 11.6 Å². The molecule has 0 aliphatic carbocycles. The molecule has 0 fully saturated rings. The summed E-state index contributed by atoms with van der Waals surface area (Å²) in [6.45, 7) is -16.6. The van der Waals surface area contributed by atoms with Crippen LogP contribution in [0.5, 0.6) is 23.5 Å². The predicted octanol–water partition coefficient (Wildman–Crippen LogP) is 14.8. The molecule has 0 bridgehead atoms. The second-order valence-electron chi connectivity index (χ2n) is 15.6. The molecule has 0 atom stereocenters. The maximum atomic E-state index is 15.5. The third-order valence-electron chi connectivity index (χ3n) is 9.55. The molecule has 0 N–H and O–H groups in total. The lowest BCUT2D eigenvalue weighted by molar-refractivity contribution is -0.398. The average Bonchev–Trinajstić information content (AvgIpc) is 3.29. The summed E-state index contributed by atoms with van der Waals surface area (Å²) < 4.78 is 616. The molecule has 0 saturated heterocycles. The van der Waals surface area contributed by atoms with Crippen LogP contribution in [-0.4, -0.2) is 154 Å². The van der Waals surface area contributed by atoms with Gasteiger partial charge in [-0.3, -0.25) is 0 Å². The van der Waals surface area contributed by atoms with Crippen molar-refractivity contribution in [3.8, 4) is 23.5 Å². The van der Waals surface area contributed by atoms with Crippen molar-refractivity contribution in [3.05, 3.63) is 23.8 Å². The molecule has 52 heteroatoms. The summed E-state index contributed by atoms with van der Waals surface area (Å²) in [4.78, 5) is 6.12. The number of ether oxygens (including phenoxy) is 4. The topological polar surface area (TPSA) is 88.5 Å². The van der Waals surface area contributed by atoms with Crippen LogP contribution >= 0.6 is 0 Å². The van der Waals surface area contributed by atoms with Crippen LogP contribution in [0, 0.1) is 0 Å². The van der Waals surface area contributed by atoms with E-state index in [9.17, 15) is 158 Å². The normalized spacial score (nSPS) is 15.8. The van der Waals surface area contributed by atoms with Crippen molar-refractivity contribution in [2.75, 3.05) is 26.4 Å². The highest BCUT2D eigenvalue weighted by Crippen LogP contribution is 2.61. The van der Waals surface area contributed by atoms with Crippen molar-refractivity contribution in [1.29, 1.82) is 0 Å². The van der Waals surface area contributed by atoms with Crippen LogP contribution in [0.15, 0.2) is 12.1 Å². The van der Waals surface area contributed by atoms with Crippen molar-refractivity contribution in [2.24, 2.45) is 0 Å². The summed E-state index contributed by atoms with van der Waals surface area (Å²) in [5.41, 5.74) is 0. The molecule has 2 rings (SSSR count). The van der Waals surface area contributed by atoms with Crippen LogP contribution in [0.25, 0.3) is 0 Å². The van der Waals surface area contributed by atoms with E-state index in [0.717, 1.165) is 0 Å². The van der Waals surface area contributed by atoms with E-state index in [1.54, 1.807) is 0 Å². The quantitative estimate of drug-likeness (QED) is 0.0909. The third kappa shape index (κ3) is 12.1. The van der Waals surface area contributed by atoms with Gasteiger partial charge in [-0.1, -0.05) is 0 Å². The average molecular weight is 1350 g/mol. The van der Waals surface area contributed by atoms with E-state index in [1.165, 1.54) is 19.9 Å². The lowest BCUT2D eigenvalue weighted by atomic mass is 9.97. The molecule has 490 valence electrons. The molecule has 0 radical (unpaired) electrons. The molecular formula is C32H10F44N4O4. The van der Waals surface area contributed by atoms with E-state index >= 15 is 35.1 Å². The van der Waals surface area contributed by atoms with Crippen molar-refractivity contribution in [1.82, 2.24) is 19.9 Å². The molecule has 0 aromatic carbocycles. The molecule has 0 aliphatic heterocycles. The van der Waals surface area contributed by atoms with Gasteiger partial charge in [-0.2, -0.15) is 213 Å². The Morgan fingerprint density at radius 1 is 0.214 bits per heavy atom. The van der Waals surface area contributed by atoms with E-state index in [-0.39, 0.29) is 0 Å². The van der Waals surface area contributed by atoms with E-state index in [0.29, 0.717) is 0 Å². The molecule has 2 aromatic heterocycles. The highest BCUT2D eigenvalue weighted by molar-refractivity contribution is 5.28. The Morgan fingerprint density at radius 3 is 0.488 bits per heavy atom. The number of aromatic nitrogens is 4. The minimum Gasteiger partial charge on any atom is -0.471 e. The fourth-order valence-electron chi connectivity index (χ4n) is 4.71. The zero-order valence-electron chi connectivity index (χ0n) is 37.0. The zero-order valence-corrected chi connectivity index (χ0v) is 37.0. The van der Waals surface area contributed by atoms with Crippen LogP contribution in [0.4, 0.5) is 193 Å². The summed E-state index contributed by atoms with van der Waals surface area (Å²) >= 11 is 0. The van der Waals surface area contributed by atoms with Gasteiger partial charge in [-0.25, -0.2) is 0 Å². The van der Waals surface area contributed by atoms with Crippen molar-refractivity contribution in [2.45, 2.75) is 119 Å². The number of alkyl halides is 44. The first kappa shape index (κ1) is 74.4. The largest absolute Gasteiger partial charge is 0.471 e. The van der Waals surface area contributed by atoms with Gasteiger partial charge in [0.05, 0.1) is 12.1 Å². The monoisotopic (exact) mass is 1350 g/mol. The predicted molar refractivity (Wildman–Crippen MR) is 167 cm³/mol. The fourth-order valence-corrected chi connectivity index (χ4v) is 4.71. The van der Waals surface area contributed by atoms with Gasteiger partial charge in [0.2, 0.25) is 35.2 Å². The van der Waals surface area contributed by atoms with E-state index in [2.05, 4.69) is 18.9 Å². The lowest BCUT2D eigenvalue weighted by Crippen LogP contribution is -2.62. The molecule has 2 aromatic rings. The lowest BCUT2D eigenvalue weighted by Gasteiger charge is -2.36. The molecule has 84 heavy (non-hydrogen) atoms. The first-order chi connectivity index (χ1) is 36.3. The molecule has 0 saturated carbocycles. The van der Waals surface area contributed by atoms with Crippen molar-refractivity contribution in [3.63, 3.8) is 0 Å². The molecule has 0 aliphatic rings. The number of rotatable bonds is 25. The number of nitrogens with zero attached hydrogens (tertiary/aromatic N) is 4. The van der Waals surface area contributed by atoms with E-state index in [4.69, 9.17) is 0 Å². The first-order valence-electron chi connectivity index (χ1n) is 18.9. The second kappa shape index (κ2) is 21.0. The maximum absolute atomic E-state index is 15.5. The molecule has 8 nitrogen and oxygen atoms in total. The van der Waals surface area contributed by atoms with E-state index < -0.39 is 193 Å². The standard InChI is InChI=1S/C32H10F44N4O4/c33-13(34,19(45,46)25(57,58)29(65,66)67)3-81-7-1-8(82-4-14(35,36)20(47,48)26(59,60)30(68,69)70)78-11(77-7)17(41,42)23(53,54)24(55,56)18(43,44)12-79-9(83-5-15(37,38)21(49,50)27(61,62)31(71,72)73)2-10(80-12)84-6-16(39,40)22(51,52)28(63,64)32(74,75)76/h1-2H,3-6H2. The van der Waals surface area contributed by atoms with Crippen LogP contribution < -0.4 is 18.9 Å². The van der Waals surface area contributed by atoms with Crippen LogP contribution in [0.2, 0.25) is 0 Å². The van der Waals surface area contributed by atoms with Gasteiger partial charge in [0.25, 0.3) is 0 Å². The van der Waals surface area contributed by atoms with Gasteiger partial charge < -0.3 is 18.9 Å². The summed E-state index contributed by atoms with van der Waals surface area (Å²) in [6.07, 6.45) is -31.2. The molecule has 0 unspecified atom stereocenters. The number of hydrogen-bond donors (Lipinski definition) is 0. The van der Waals surface area contributed by atoms with Crippen LogP contribution in [-0.2, 0) is 11.8 Å². The fraction of sp³-hybridized carbons (Fsp3) is 0.750. The Morgan fingerprint density at radius 2 is 0.357 bits per heavy atom. The summed E-state index contributed by atoms with van der Waals surface area (Å²) in [6, 6.07) is -2.71. The molecule has 2 heterocycles.